The zero-order valence-corrected chi connectivity index (χ0v) is 13.0. The molecule has 0 aliphatic carbocycles. The van der Waals surface area contributed by atoms with Gasteiger partial charge in [-0.1, -0.05) is 63.5 Å². The molecule has 0 atom stereocenters. The molecule has 1 aliphatic heterocycles. The second-order valence-electron chi connectivity index (χ2n) is 6.04. The predicted molar refractivity (Wildman–Crippen MR) is 86.6 cm³/mol. The van der Waals surface area contributed by atoms with Crippen LogP contribution in [0.1, 0.15) is 89.9 Å². The van der Waals surface area contributed by atoms with E-state index in [2.05, 4.69) is 17.5 Å². The van der Waals surface area contributed by atoms with Crippen LogP contribution in [0.25, 0.3) is 0 Å². The zero-order valence-electron chi connectivity index (χ0n) is 13.0. The molecule has 0 spiro atoms. The van der Waals surface area contributed by atoms with Crippen LogP contribution in [-0.4, -0.2) is 13.1 Å². The lowest BCUT2D eigenvalue weighted by Gasteiger charge is -2.04. The van der Waals surface area contributed by atoms with Gasteiger partial charge in [-0.15, -0.1) is 0 Å². The molecule has 0 bridgehead atoms. The largest absolute Gasteiger partial charge is 0.317 e. The summed E-state index contributed by atoms with van der Waals surface area (Å²) in [5, 5.41) is 3.58. The third-order valence-electron chi connectivity index (χ3n) is 4.12. The number of hydrogen-bond donors (Lipinski definition) is 1. The fraction of sp³-hybridized carbons (Fsp3) is 0.889. The van der Waals surface area contributed by atoms with Crippen LogP contribution in [0.15, 0.2) is 12.2 Å². The molecular formula is C18H35N. The van der Waals surface area contributed by atoms with E-state index in [1.807, 2.05) is 0 Å². The van der Waals surface area contributed by atoms with E-state index in [0.717, 1.165) is 0 Å². The highest BCUT2D eigenvalue weighted by atomic mass is 14.8. The molecule has 0 saturated heterocycles. The van der Waals surface area contributed by atoms with Crippen LogP contribution in [0.4, 0.5) is 0 Å². The molecule has 0 aromatic carbocycles. The summed E-state index contributed by atoms with van der Waals surface area (Å²) in [6.45, 7) is 2.46. The van der Waals surface area contributed by atoms with Crippen LogP contribution in [0.2, 0.25) is 0 Å². The Morgan fingerprint density at radius 3 is 1.32 bits per heavy atom. The maximum absolute atomic E-state index is 3.58. The van der Waals surface area contributed by atoms with Gasteiger partial charge in [-0.3, -0.25) is 0 Å². The molecule has 0 unspecified atom stereocenters. The normalized spacial score (nSPS) is 24.8. The Balaban J connectivity index is 2.06. The van der Waals surface area contributed by atoms with E-state index in [1.54, 1.807) is 0 Å². The first-order valence-corrected chi connectivity index (χ1v) is 8.86. The molecule has 1 N–H and O–H groups in total. The van der Waals surface area contributed by atoms with Crippen LogP contribution in [0, 0.1) is 0 Å². The van der Waals surface area contributed by atoms with Gasteiger partial charge in [0.25, 0.3) is 0 Å². The summed E-state index contributed by atoms with van der Waals surface area (Å²) in [5.74, 6) is 0. The van der Waals surface area contributed by atoms with E-state index >= 15 is 0 Å². The Morgan fingerprint density at radius 2 is 0.789 bits per heavy atom. The molecule has 0 saturated carbocycles. The van der Waals surface area contributed by atoms with Crippen LogP contribution < -0.4 is 5.32 Å². The van der Waals surface area contributed by atoms with Gasteiger partial charge in [0, 0.05) is 0 Å². The van der Waals surface area contributed by atoms with Crippen molar-refractivity contribution in [3.63, 3.8) is 0 Å². The van der Waals surface area contributed by atoms with Crippen LogP contribution in [-0.2, 0) is 0 Å². The van der Waals surface area contributed by atoms with Crippen LogP contribution >= 0.6 is 0 Å². The Labute approximate surface area is 121 Å². The highest BCUT2D eigenvalue weighted by Crippen LogP contribution is 2.11. The Bertz CT molecular complexity index is 178. The quantitative estimate of drug-likeness (QED) is 0.562. The zero-order chi connectivity index (χ0) is 13.4. The molecule has 0 amide bonds. The monoisotopic (exact) mass is 265 g/mol. The summed E-state index contributed by atoms with van der Waals surface area (Å²) >= 11 is 0. The van der Waals surface area contributed by atoms with Gasteiger partial charge in [-0.2, -0.15) is 0 Å². The van der Waals surface area contributed by atoms with Crippen molar-refractivity contribution < 1.29 is 0 Å². The second kappa shape index (κ2) is 14.1. The molecule has 0 radical (unpaired) electrons. The number of hydrogen-bond acceptors (Lipinski definition) is 1. The first-order valence-electron chi connectivity index (χ1n) is 8.86. The molecule has 0 aromatic rings. The summed E-state index contributed by atoms with van der Waals surface area (Å²) in [5.41, 5.74) is 0. The molecule has 1 heteroatoms. The highest BCUT2D eigenvalue weighted by Gasteiger charge is 1.94. The van der Waals surface area contributed by atoms with Crippen molar-refractivity contribution in [1.29, 1.82) is 0 Å². The Hall–Kier alpha value is -0.300. The summed E-state index contributed by atoms with van der Waals surface area (Å²) in [6.07, 6.45) is 24.5. The maximum Gasteiger partial charge on any atom is -0.00489 e. The first-order chi connectivity index (χ1) is 9.50. The molecule has 0 aromatic heterocycles. The fourth-order valence-electron chi connectivity index (χ4n) is 2.80. The molecule has 1 heterocycles. The molecule has 1 aliphatic rings. The van der Waals surface area contributed by atoms with Gasteiger partial charge in [-0.25, -0.2) is 0 Å². The van der Waals surface area contributed by atoms with E-state index in [9.17, 15) is 0 Å². The number of allylic oxidation sites excluding steroid dienone is 2. The van der Waals surface area contributed by atoms with Crippen LogP contribution in [0.3, 0.4) is 0 Å². The van der Waals surface area contributed by atoms with Gasteiger partial charge < -0.3 is 5.32 Å². The fourth-order valence-corrected chi connectivity index (χ4v) is 2.80. The minimum atomic E-state index is 1.23. The van der Waals surface area contributed by atoms with Crippen molar-refractivity contribution in [3.05, 3.63) is 12.2 Å². The van der Waals surface area contributed by atoms with Gasteiger partial charge >= 0.3 is 0 Å². The van der Waals surface area contributed by atoms with Gasteiger partial charge in [0.2, 0.25) is 0 Å². The number of nitrogens with one attached hydrogen (secondary N) is 1. The maximum atomic E-state index is 3.58. The van der Waals surface area contributed by atoms with Crippen molar-refractivity contribution in [1.82, 2.24) is 5.32 Å². The third kappa shape index (κ3) is 12.5. The summed E-state index contributed by atoms with van der Waals surface area (Å²) in [7, 11) is 0. The standard InChI is InChI=1S/C18H35N/c1-2-4-6-8-10-12-14-16-18-19-17-15-13-11-9-7-5-3-1/h5,7,19H,1-4,6,8-18H2/b7-5+. The first kappa shape index (κ1) is 16.8. The van der Waals surface area contributed by atoms with Crippen LogP contribution in [0.5, 0.6) is 0 Å². The average Bonchev–Trinajstić information content (AvgIpc) is 2.43. The SMILES string of the molecule is C1=C/CCCCCNCCCCCCCCCCC/1. The summed E-state index contributed by atoms with van der Waals surface area (Å²) in [6, 6.07) is 0. The molecule has 112 valence electrons. The van der Waals surface area contributed by atoms with E-state index in [-0.39, 0.29) is 0 Å². The van der Waals surface area contributed by atoms with Crippen molar-refractivity contribution in [3.8, 4) is 0 Å². The Kier molecular flexibility index (Phi) is 12.4. The smallest absolute Gasteiger partial charge is 0.00489 e. The summed E-state index contributed by atoms with van der Waals surface area (Å²) in [4.78, 5) is 0. The third-order valence-corrected chi connectivity index (χ3v) is 4.12. The topological polar surface area (TPSA) is 12.0 Å². The molecule has 1 rings (SSSR count). The lowest BCUT2D eigenvalue weighted by atomic mass is 10.1. The van der Waals surface area contributed by atoms with Gasteiger partial charge in [0.15, 0.2) is 0 Å². The van der Waals surface area contributed by atoms with Gasteiger partial charge in [-0.05, 0) is 51.6 Å². The van der Waals surface area contributed by atoms with Crippen molar-refractivity contribution in [2.24, 2.45) is 0 Å². The van der Waals surface area contributed by atoms with Crippen molar-refractivity contribution in [2.75, 3.05) is 13.1 Å². The molecule has 0 fully saturated rings. The average molecular weight is 265 g/mol. The van der Waals surface area contributed by atoms with Gasteiger partial charge in [0.05, 0.1) is 0 Å². The minimum Gasteiger partial charge on any atom is -0.317 e. The van der Waals surface area contributed by atoms with Gasteiger partial charge in [0.1, 0.15) is 0 Å². The van der Waals surface area contributed by atoms with Crippen molar-refractivity contribution >= 4 is 0 Å². The minimum absolute atomic E-state index is 1.23. The lowest BCUT2D eigenvalue weighted by molar-refractivity contribution is 0.539. The van der Waals surface area contributed by atoms with E-state index in [0.29, 0.717) is 0 Å². The molecular weight excluding hydrogens is 230 g/mol. The highest BCUT2D eigenvalue weighted by molar-refractivity contribution is 4.81. The predicted octanol–water partition coefficient (Wildman–Crippen LogP) is 5.61. The number of rotatable bonds is 0. The van der Waals surface area contributed by atoms with E-state index < -0.39 is 0 Å². The lowest BCUT2D eigenvalue weighted by Crippen LogP contribution is -2.16. The molecule has 19 heavy (non-hydrogen) atoms. The molecule has 1 nitrogen and oxygen atoms in total. The van der Waals surface area contributed by atoms with Crippen molar-refractivity contribution in [2.45, 2.75) is 89.9 Å². The van der Waals surface area contributed by atoms with E-state index in [1.165, 1.54) is 103 Å². The Morgan fingerprint density at radius 1 is 0.421 bits per heavy atom. The van der Waals surface area contributed by atoms with E-state index in [4.69, 9.17) is 0 Å². The summed E-state index contributed by atoms with van der Waals surface area (Å²) < 4.78 is 0. The second-order valence-corrected chi connectivity index (χ2v) is 6.04.